The molecule has 2 N–H and O–H groups in total. The molecule has 2 saturated carbocycles. The third kappa shape index (κ3) is 2.71. The highest BCUT2D eigenvalue weighted by atomic mass is 15.0. The molecule has 0 radical (unpaired) electrons. The van der Waals surface area contributed by atoms with Crippen molar-refractivity contribution in [1.82, 2.24) is 10.6 Å². The highest BCUT2D eigenvalue weighted by molar-refractivity contribution is 4.97. The van der Waals surface area contributed by atoms with Gasteiger partial charge in [-0.3, -0.25) is 0 Å². The molecular weight excluding hydrogens is 172 g/mol. The Bertz CT molecular complexity index is 180. The Morgan fingerprint density at radius 3 is 2.00 bits per heavy atom. The van der Waals surface area contributed by atoms with Crippen molar-refractivity contribution < 1.29 is 0 Å². The molecule has 0 aromatic carbocycles. The first kappa shape index (κ1) is 10.4. The predicted molar refractivity (Wildman–Crippen MR) is 60.4 cm³/mol. The minimum Gasteiger partial charge on any atom is -0.314 e. The minimum absolute atomic E-state index is 0.238. The van der Waals surface area contributed by atoms with Gasteiger partial charge in [0, 0.05) is 18.1 Å². The molecular formula is C12H24N2. The van der Waals surface area contributed by atoms with Crippen molar-refractivity contribution in [3.05, 3.63) is 0 Å². The molecule has 0 atom stereocenters. The molecule has 0 saturated heterocycles. The van der Waals surface area contributed by atoms with Crippen molar-refractivity contribution in [2.45, 2.75) is 51.1 Å². The molecule has 2 aliphatic carbocycles. The molecule has 2 aliphatic rings. The van der Waals surface area contributed by atoms with Crippen molar-refractivity contribution >= 4 is 0 Å². The van der Waals surface area contributed by atoms with E-state index in [1.54, 1.807) is 0 Å². The van der Waals surface area contributed by atoms with E-state index in [-0.39, 0.29) is 5.54 Å². The number of nitrogens with one attached hydrogen (secondary N) is 2. The van der Waals surface area contributed by atoms with Crippen LogP contribution in [0, 0.1) is 11.8 Å². The highest BCUT2D eigenvalue weighted by Gasteiger charge is 2.41. The normalized spacial score (nSPS) is 23.1. The smallest absolute Gasteiger partial charge is 0.0246 e. The Labute approximate surface area is 87.8 Å². The minimum atomic E-state index is 0.238. The summed E-state index contributed by atoms with van der Waals surface area (Å²) in [6.45, 7) is 5.62. The highest BCUT2D eigenvalue weighted by Crippen LogP contribution is 2.44. The summed E-state index contributed by atoms with van der Waals surface area (Å²) in [6, 6.07) is 0.836. The monoisotopic (exact) mass is 196 g/mol. The van der Waals surface area contributed by atoms with E-state index in [0.717, 1.165) is 24.4 Å². The molecule has 82 valence electrons. The third-order valence-electron chi connectivity index (χ3n) is 3.72. The zero-order valence-electron chi connectivity index (χ0n) is 9.77. The van der Waals surface area contributed by atoms with Crippen LogP contribution >= 0.6 is 0 Å². The Balaban J connectivity index is 1.76. The maximum absolute atomic E-state index is 3.77. The van der Waals surface area contributed by atoms with Crippen LogP contribution in [0.3, 0.4) is 0 Å². The van der Waals surface area contributed by atoms with Gasteiger partial charge in [0.1, 0.15) is 0 Å². The van der Waals surface area contributed by atoms with Gasteiger partial charge in [0.25, 0.3) is 0 Å². The third-order valence-corrected chi connectivity index (χ3v) is 3.72. The zero-order chi connectivity index (χ0) is 10.2. The number of hydrogen-bond donors (Lipinski definition) is 2. The van der Waals surface area contributed by atoms with E-state index in [1.807, 2.05) is 7.05 Å². The molecule has 0 aliphatic heterocycles. The molecule has 0 heterocycles. The van der Waals surface area contributed by atoms with Crippen LogP contribution in [0.2, 0.25) is 0 Å². The molecule has 0 spiro atoms. The largest absolute Gasteiger partial charge is 0.314 e. The topological polar surface area (TPSA) is 24.1 Å². The van der Waals surface area contributed by atoms with Crippen LogP contribution in [0.4, 0.5) is 0 Å². The average Bonchev–Trinajstić information content (AvgIpc) is 2.99. The molecule has 0 bridgehead atoms. The van der Waals surface area contributed by atoms with E-state index in [0.29, 0.717) is 0 Å². The van der Waals surface area contributed by atoms with E-state index in [2.05, 4.69) is 24.5 Å². The van der Waals surface area contributed by atoms with Crippen molar-refractivity contribution in [1.29, 1.82) is 0 Å². The molecule has 14 heavy (non-hydrogen) atoms. The van der Waals surface area contributed by atoms with Gasteiger partial charge in [0.2, 0.25) is 0 Å². The summed E-state index contributed by atoms with van der Waals surface area (Å²) >= 11 is 0. The SMILES string of the molecule is CNC(C)(C)CNC(C1CC1)C1CC1. The van der Waals surface area contributed by atoms with E-state index >= 15 is 0 Å². The summed E-state index contributed by atoms with van der Waals surface area (Å²) in [5, 5.41) is 7.13. The second-order valence-corrected chi connectivity index (χ2v) is 5.72. The maximum atomic E-state index is 3.77. The molecule has 2 nitrogen and oxygen atoms in total. The van der Waals surface area contributed by atoms with Gasteiger partial charge < -0.3 is 10.6 Å². The lowest BCUT2D eigenvalue weighted by molar-refractivity contribution is 0.333. The van der Waals surface area contributed by atoms with E-state index < -0.39 is 0 Å². The second-order valence-electron chi connectivity index (χ2n) is 5.72. The fraction of sp³-hybridized carbons (Fsp3) is 1.00. The van der Waals surface area contributed by atoms with Crippen LogP contribution in [-0.4, -0.2) is 25.2 Å². The summed E-state index contributed by atoms with van der Waals surface area (Å²) in [4.78, 5) is 0. The summed E-state index contributed by atoms with van der Waals surface area (Å²) in [6.07, 6.45) is 5.87. The maximum Gasteiger partial charge on any atom is 0.0246 e. The molecule has 0 amide bonds. The number of hydrogen-bond acceptors (Lipinski definition) is 2. The van der Waals surface area contributed by atoms with Gasteiger partial charge in [-0.05, 0) is 58.4 Å². The molecule has 0 unspecified atom stereocenters. The van der Waals surface area contributed by atoms with Gasteiger partial charge in [0.15, 0.2) is 0 Å². The standard InChI is InChI=1S/C12H24N2/c1-12(2,13-3)8-14-11(9-4-5-9)10-6-7-10/h9-11,13-14H,4-8H2,1-3H3. The summed E-state index contributed by atoms with van der Waals surface area (Å²) in [7, 11) is 2.05. The Morgan fingerprint density at radius 2 is 1.64 bits per heavy atom. The second kappa shape index (κ2) is 3.82. The van der Waals surface area contributed by atoms with Crippen LogP contribution in [-0.2, 0) is 0 Å². The van der Waals surface area contributed by atoms with Gasteiger partial charge in [-0.15, -0.1) is 0 Å². The predicted octanol–water partition coefficient (Wildman–Crippen LogP) is 1.76. The molecule has 0 aromatic heterocycles. The average molecular weight is 196 g/mol. The fourth-order valence-electron chi connectivity index (χ4n) is 2.09. The van der Waals surface area contributed by atoms with Crippen LogP contribution in [0.25, 0.3) is 0 Å². The lowest BCUT2D eigenvalue weighted by atomic mass is 10.0. The Kier molecular flexibility index (Phi) is 2.85. The van der Waals surface area contributed by atoms with Crippen molar-refractivity contribution in [3.63, 3.8) is 0 Å². The van der Waals surface area contributed by atoms with Gasteiger partial charge in [-0.1, -0.05) is 0 Å². The zero-order valence-corrected chi connectivity index (χ0v) is 9.77. The van der Waals surface area contributed by atoms with Crippen molar-refractivity contribution in [2.24, 2.45) is 11.8 Å². The van der Waals surface area contributed by atoms with Crippen LogP contribution in [0.1, 0.15) is 39.5 Å². The Morgan fingerprint density at radius 1 is 1.14 bits per heavy atom. The molecule has 2 fully saturated rings. The van der Waals surface area contributed by atoms with Gasteiger partial charge in [-0.2, -0.15) is 0 Å². The number of likely N-dealkylation sites (N-methyl/N-ethyl adjacent to an activating group) is 1. The lowest BCUT2D eigenvalue weighted by Gasteiger charge is -2.28. The van der Waals surface area contributed by atoms with Crippen LogP contribution in [0.15, 0.2) is 0 Å². The molecule has 0 aromatic rings. The first-order valence-corrected chi connectivity index (χ1v) is 6.05. The van der Waals surface area contributed by atoms with Crippen molar-refractivity contribution in [2.75, 3.05) is 13.6 Å². The van der Waals surface area contributed by atoms with Crippen molar-refractivity contribution in [3.8, 4) is 0 Å². The molecule has 2 rings (SSSR count). The van der Waals surface area contributed by atoms with E-state index in [9.17, 15) is 0 Å². The van der Waals surface area contributed by atoms with Crippen LogP contribution in [0.5, 0.6) is 0 Å². The fourth-order valence-corrected chi connectivity index (χ4v) is 2.09. The quantitative estimate of drug-likeness (QED) is 0.676. The first-order chi connectivity index (χ1) is 6.62. The summed E-state index contributed by atoms with van der Waals surface area (Å²) < 4.78 is 0. The van der Waals surface area contributed by atoms with Gasteiger partial charge in [-0.25, -0.2) is 0 Å². The van der Waals surface area contributed by atoms with E-state index in [4.69, 9.17) is 0 Å². The van der Waals surface area contributed by atoms with Gasteiger partial charge >= 0.3 is 0 Å². The first-order valence-electron chi connectivity index (χ1n) is 6.05. The van der Waals surface area contributed by atoms with Gasteiger partial charge in [0.05, 0.1) is 0 Å². The summed E-state index contributed by atoms with van der Waals surface area (Å²) in [5.41, 5.74) is 0.238. The summed E-state index contributed by atoms with van der Waals surface area (Å²) in [5.74, 6) is 2.02. The van der Waals surface area contributed by atoms with E-state index in [1.165, 1.54) is 25.7 Å². The van der Waals surface area contributed by atoms with Crippen LogP contribution < -0.4 is 10.6 Å². The molecule has 2 heteroatoms. The Hall–Kier alpha value is -0.0800. The number of rotatable bonds is 6. The lowest BCUT2D eigenvalue weighted by Crippen LogP contribution is -2.49.